The van der Waals surface area contributed by atoms with Gasteiger partial charge in [0.15, 0.2) is 5.82 Å². The molecule has 0 aromatic carbocycles. The maximum absolute atomic E-state index is 5.91. The van der Waals surface area contributed by atoms with E-state index >= 15 is 0 Å². The van der Waals surface area contributed by atoms with Gasteiger partial charge in [0.25, 0.3) is 0 Å². The van der Waals surface area contributed by atoms with Gasteiger partial charge in [0.05, 0.1) is 0 Å². The van der Waals surface area contributed by atoms with E-state index in [0.29, 0.717) is 12.5 Å². The van der Waals surface area contributed by atoms with Gasteiger partial charge in [0, 0.05) is 24.9 Å². The van der Waals surface area contributed by atoms with Crippen LogP contribution in [0.4, 0.5) is 5.82 Å². The van der Waals surface area contributed by atoms with Crippen LogP contribution in [0.25, 0.3) is 0 Å². The number of hydrogen-bond acceptors (Lipinski definition) is 4. The Morgan fingerprint density at radius 1 is 1.25 bits per heavy atom. The molecule has 20 heavy (non-hydrogen) atoms. The van der Waals surface area contributed by atoms with Crippen LogP contribution in [0.15, 0.2) is 6.07 Å². The fourth-order valence-electron chi connectivity index (χ4n) is 1.99. The predicted octanol–water partition coefficient (Wildman–Crippen LogP) is 4.08. The lowest BCUT2D eigenvalue weighted by Crippen LogP contribution is -2.29. The van der Waals surface area contributed by atoms with Crippen molar-refractivity contribution >= 4 is 5.82 Å². The summed E-state index contributed by atoms with van der Waals surface area (Å²) in [6.07, 6.45) is 1.93. The van der Waals surface area contributed by atoms with Crippen LogP contribution in [-0.2, 0) is 10.3 Å². The Kier molecular flexibility index (Phi) is 6.40. The van der Waals surface area contributed by atoms with Crippen molar-refractivity contribution in [3.05, 3.63) is 17.6 Å². The summed E-state index contributed by atoms with van der Waals surface area (Å²) >= 11 is 0. The first kappa shape index (κ1) is 16.9. The van der Waals surface area contributed by atoms with Gasteiger partial charge >= 0.3 is 0 Å². The van der Waals surface area contributed by atoms with Crippen molar-refractivity contribution in [3.8, 4) is 0 Å². The van der Waals surface area contributed by atoms with Gasteiger partial charge in [-0.25, -0.2) is 9.97 Å². The Labute approximate surface area is 123 Å². The number of aromatic nitrogens is 2. The highest BCUT2D eigenvalue weighted by atomic mass is 16.5. The fourth-order valence-corrected chi connectivity index (χ4v) is 1.99. The Morgan fingerprint density at radius 3 is 2.45 bits per heavy atom. The molecule has 0 bridgehead atoms. The van der Waals surface area contributed by atoms with Crippen LogP contribution in [0.3, 0.4) is 0 Å². The summed E-state index contributed by atoms with van der Waals surface area (Å²) in [4.78, 5) is 9.39. The fraction of sp³-hybridized carbons (Fsp3) is 0.750. The molecule has 0 aliphatic carbocycles. The van der Waals surface area contributed by atoms with Crippen molar-refractivity contribution in [3.63, 3.8) is 0 Å². The molecule has 114 valence electrons. The summed E-state index contributed by atoms with van der Waals surface area (Å²) in [5, 5.41) is 3.36. The van der Waals surface area contributed by atoms with E-state index in [4.69, 9.17) is 9.72 Å². The molecule has 0 spiro atoms. The van der Waals surface area contributed by atoms with Crippen molar-refractivity contribution < 1.29 is 4.74 Å². The second-order valence-corrected chi connectivity index (χ2v) is 5.60. The first-order valence-electron chi connectivity index (χ1n) is 7.74. The highest BCUT2D eigenvalue weighted by molar-refractivity contribution is 5.37. The van der Waals surface area contributed by atoms with E-state index in [1.165, 1.54) is 0 Å². The third-order valence-electron chi connectivity index (χ3n) is 3.50. The van der Waals surface area contributed by atoms with E-state index in [-0.39, 0.29) is 0 Å². The zero-order valence-corrected chi connectivity index (χ0v) is 13.8. The molecule has 4 heteroatoms. The second kappa shape index (κ2) is 7.58. The number of ether oxygens (including phenoxy) is 1. The minimum Gasteiger partial charge on any atom is -0.370 e. The molecule has 1 unspecified atom stereocenters. The molecule has 0 saturated carbocycles. The molecule has 0 aliphatic heterocycles. The van der Waals surface area contributed by atoms with Crippen molar-refractivity contribution in [2.24, 2.45) is 0 Å². The van der Waals surface area contributed by atoms with Crippen LogP contribution in [0.1, 0.15) is 71.8 Å². The molecular formula is C16H29N3O. The van der Waals surface area contributed by atoms with E-state index in [1.807, 2.05) is 13.0 Å². The van der Waals surface area contributed by atoms with Crippen molar-refractivity contribution in [2.75, 3.05) is 18.5 Å². The van der Waals surface area contributed by atoms with Gasteiger partial charge in [-0.3, -0.25) is 0 Å². The molecule has 0 aliphatic rings. The molecule has 1 atom stereocenters. The van der Waals surface area contributed by atoms with Crippen molar-refractivity contribution in [2.45, 2.75) is 65.9 Å². The Hall–Kier alpha value is -1.16. The van der Waals surface area contributed by atoms with Crippen LogP contribution in [0.2, 0.25) is 0 Å². The molecule has 0 fully saturated rings. The lowest BCUT2D eigenvalue weighted by Gasteiger charge is -2.27. The molecule has 0 saturated heterocycles. The van der Waals surface area contributed by atoms with Crippen LogP contribution in [0.5, 0.6) is 0 Å². The van der Waals surface area contributed by atoms with Crippen LogP contribution >= 0.6 is 0 Å². The lowest BCUT2D eigenvalue weighted by atomic mass is 10.0. The maximum atomic E-state index is 5.91. The quantitative estimate of drug-likeness (QED) is 0.778. The monoisotopic (exact) mass is 279 g/mol. The van der Waals surface area contributed by atoms with Gasteiger partial charge < -0.3 is 10.1 Å². The summed E-state index contributed by atoms with van der Waals surface area (Å²) < 4.78 is 5.91. The van der Waals surface area contributed by atoms with E-state index in [9.17, 15) is 0 Å². The summed E-state index contributed by atoms with van der Waals surface area (Å²) in [5.74, 6) is 2.06. The Bertz CT molecular complexity index is 420. The molecule has 0 amide bonds. The number of anilines is 1. The average Bonchev–Trinajstić information content (AvgIpc) is 2.44. The lowest BCUT2D eigenvalue weighted by molar-refractivity contribution is -0.0391. The SMILES string of the molecule is CCCNc1cc(C(C)C)nc(C(C)(CC)OCC)n1. The van der Waals surface area contributed by atoms with Gasteiger partial charge in [-0.15, -0.1) is 0 Å². The van der Waals surface area contributed by atoms with Gasteiger partial charge in [-0.2, -0.15) is 0 Å². The molecule has 1 aromatic rings. The van der Waals surface area contributed by atoms with Gasteiger partial charge in [0.1, 0.15) is 11.4 Å². The number of nitrogens with zero attached hydrogens (tertiary/aromatic N) is 2. The zero-order chi connectivity index (χ0) is 15.2. The summed E-state index contributed by atoms with van der Waals surface area (Å²) in [7, 11) is 0. The van der Waals surface area contributed by atoms with Crippen LogP contribution in [-0.4, -0.2) is 23.1 Å². The first-order chi connectivity index (χ1) is 9.46. The van der Waals surface area contributed by atoms with E-state index in [1.54, 1.807) is 0 Å². The average molecular weight is 279 g/mol. The van der Waals surface area contributed by atoms with E-state index < -0.39 is 5.60 Å². The van der Waals surface area contributed by atoms with Crippen LogP contribution in [0, 0.1) is 0 Å². The molecule has 1 N–H and O–H groups in total. The summed E-state index contributed by atoms with van der Waals surface area (Å²) in [6.45, 7) is 14.2. The summed E-state index contributed by atoms with van der Waals surface area (Å²) in [6, 6.07) is 2.05. The third-order valence-corrected chi connectivity index (χ3v) is 3.50. The molecule has 1 rings (SSSR count). The zero-order valence-electron chi connectivity index (χ0n) is 13.8. The molecule has 0 radical (unpaired) electrons. The van der Waals surface area contributed by atoms with Gasteiger partial charge in [-0.05, 0) is 32.6 Å². The van der Waals surface area contributed by atoms with Crippen LogP contribution < -0.4 is 5.32 Å². The minimum absolute atomic E-state index is 0.377. The first-order valence-corrected chi connectivity index (χ1v) is 7.74. The van der Waals surface area contributed by atoms with E-state index in [2.05, 4.69) is 44.9 Å². The standard InChI is InChI=1S/C16H29N3O/c1-7-10-17-14-11-13(12(4)5)18-15(19-14)16(6,8-2)20-9-3/h11-12H,7-10H2,1-6H3,(H,17,18,19). The Morgan fingerprint density at radius 2 is 1.95 bits per heavy atom. The molecule has 1 heterocycles. The predicted molar refractivity (Wildman–Crippen MR) is 84.2 cm³/mol. The summed E-state index contributed by atoms with van der Waals surface area (Å²) in [5.41, 5.74) is 0.649. The normalized spacial score (nSPS) is 14.3. The molecule has 4 nitrogen and oxygen atoms in total. The second-order valence-electron chi connectivity index (χ2n) is 5.60. The van der Waals surface area contributed by atoms with Crippen molar-refractivity contribution in [1.29, 1.82) is 0 Å². The minimum atomic E-state index is -0.414. The third kappa shape index (κ3) is 4.17. The largest absolute Gasteiger partial charge is 0.370 e. The highest BCUT2D eigenvalue weighted by Gasteiger charge is 2.29. The van der Waals surface area contributed by atoms with Gasteiger partial charge in [0.2, 0.25) is 0 Å². The number of nitrogens with one attached hydrogen (secondary N) is 1. The molecule has 1 aromatic heterocycles. The molecular weight excluding hydrogens is 250 g/mol. The van der Waals surface area contributed by atoms with Crippen molar-refractivity contribution in [1.82, 2.24) is 9.97 Å². The smallest absolute Gasteiger partial charge is 0.162 e. The Balaban J connectivity index is 3.19. The van der Waals surface area contributed by atoms with Gasteiger partial charge in [-0.1, -0.05) is 27.7 Å². The van der Waals surface area contributed by atoms with E-state index in [0.717, 1.165) is 36.7 Å². The maximum Gasteiger partial charge on any atom is 0.162 e. The number of hydrogen-bond donors (Lipinski definition) is 1. The topological polar surface area (TPSA) is 47.0 Å². The highest BCUT2D eigenvalue weighted by Crippen LogP contribution is 2.28. The number of rotatable bonds is 8.